The van der Waals surface area contributed by atoms with Gasteiger partial charge in [0.2, 0.25) is 23.0 Å². The van der Waals surface area contributed by atoms with Crippen molar-refractivity contribution in [2.45, 2.75) is 71.9 Å². The average Bonchev–Trinajstić information content (AvgIpc) is 3.30. The fourth-order valence-corrected chi connectivity index (χ4v) is 6.72. The molecule has 0 spiro atoms. The number of carbonyl (C=O) groups excluding carboxylic acids is 2. The largest absolute Gasteiger partial charge is 0.493 e. The molecule has 1 aromatic heterocycles. The lowest BCUT2D eigenvalue weighted by atomic mass is 9.95. The van der Waals surface area contributed by atoms with E-state index in [1.807, 2.05) is 24.3 Å². The van der Waals surface area contributed by atoms with Crippen molar-refractivity contribution in [3.05, 3.63) is 76.1 Å². The molecule has 1 atom stereocenters. The van der Waals surface area contributed by atoms with Gasteiger partial charge in [0.1, 0.15) is 0 Å². The predicted octanol–water partition coefficient (Wildman–Crippen LogP) is 7.08. The van der Waals surface area contributed by atoms with Crippen molar-refractivity contribution in [3.8, 4) is 28.4 Å². The number of fused-ring (bicyclic) bond motifs is 4. The Morgan fingerprint density at radius 1 is 0.939 bits per heavy atom. The number of unbranched alkanes of at least 4 members (excludes halogenated alkanes) is 2. The Hall–Kier alpha value is -4.99. The van der Waals surface area contributed by atoms with Crippen molar-refractivity contribution in [2.75, 3.05) is 38.5 Å². The van der Waals surface area contributed by atoms with E-state index in [0.29, 0.717) is 54.7 Å². The first-order chi connectivity index (χ1) is 23.6. The Kier molecular flexibility index (Phi) is 11.5. The van der Waals surface area contributed by atoms with E-state index in [9.17, 15) is 14.4 Å². The van der Waals surface area contributed by atoms with E-state index in [1.54, 1.807) is 33.5 Å². The van der Waals surface area contributed by atoms with E-state index >= 15 is 0 Å². The Labute approximate surface area is 288 Å². The summed E-state index contributed by atoms with van der Waals surface area (Å²) in [6.45, 7) is 7.42. The number of nitrogens with zero attached hydrogens (tertiary/aromatic N) is 1. The van der Waals surface area contributed by atoms with Crippen molar-refractivity contribution in [2.24, 2.45) is 5.92 Å². The Bertz CT molecular complexity index is 1880. The second-order valence-electron chi connectivity index (χ2n) is 13.0. The van der Waals surface area contributed by atoms with Gasteiger partial charge in [-0.05, 0) is 90.8 Å². The molecule has 0 unspecified atom stereocenters. The molecular weight excluding hydrogens is 620 g/mol. The zero-order valence-corrected chi connectivity index (χ0v) is 29.4. The van der Waals surface area contributed by atoms with Gasteiger partial charge in [0.25, 0.3) is 0 Å². The number of methoxy groups -OCH3 is 3. The molecule has 0 saturated carbocycles. The smallest absolute Gasteiger partial charge is 0.224 e. The molecule has 10 heteroatoms. The molecule has 3 N–H and O–H groups in total. The van der Waals surface area contributed by atoms with Crippen molar-refractivity contribution in [3.63, 3.8) is 0 Å². The molecule has 2 amide bonds. The van der Waals surface area contributed by atoms with Crippen molar-refractivity contribution in [1.29, 1.82) is 0 Å². The molecule has 0 radical (unpaired) electrons. The molecule has 0 fully saturated rings. The number of ether oxygens (including phenoxy) is 3. The Balaban J connectivity index is 1.24. The molecule has 10 nitrogen and oxygen atoms in total. The van der Waals surface area contributed by atoms with Gasteiger partial charge in [0.05, 0.1) is 33.1 Å². The van der Waals surface area contributed by atoms with Crippen LogP contribution in [0.5, 0.6) is 17.2 Å². The molecule has 0 saturated heterocycles. The third-order valence-electron chi connectivity index (χ3n) is 8.93. The molecule has 4 aromatic rings. The topological polar surface area (TPSA) is 120 Å². The lowest BCUT2D eigenvalue weighted by molar-refractivity contribution is -0.119. The van der Waals surface area contributed by atoms with Gasteiger partial charge in [-0.15, -0.1) is 0 Å². The van der Waals surface area contributed by atoms with Crippen molar-refractivity contribution >= 4 is 34.1 Å². The van der Waals surface area contributed by atoms with E-state index in [-0.39, 0.29) is 23.3 Å². The van der Waals surface area contributed by atoms with Crippen LogP contribution in [0.4, 0.5) is 11.4 Å². The first kappa shape index (κ1) is 35.3. The second-order valence-corrected chi connectivity index (χ2v) is 13.0. The average molecular weight is 669 g/mol. The first-order valence-electron chi connectivity index (χ1n) is 17.0. The number of aromatic nitrogens is 1. The molecule has 1 heterocycles. The summed E-state index contributed by atoms with van der Waals surface area (Å²) in [7, 11) is 4.73. The highest BCUT2D eigenvalue weighted by Gasteiger charge is 2.29. The van der Waals surface area contributed by atoms with E-state index in [2.05, 4.69) is 52.7 Å². The normalized spacial score (nSPS) is 13.7. The van der Waals surface area contributed by atoms with Gasteiger partial charge in [0.15, 0.2) is 11.5 Å². The number of hydrogen-bond donors (Lipinski definition) is 3. The van der Waals surface area contributed by atoms with Gasteiger partial charge >= 0.3 is 0 Å². The van der Waals surface area contributed by atoms with Gasteiger partial charge in [-0.3, -0.25) is 14.4 Å². The van der Waals surface area contributed by atoms with E-state index < -0.39 is 0 Å². The minimum absolute atomic E-state index is 0.00830. The van der Waals surface area contributed by atoms with E-state index in [0.717, 1.165) is 59.1 Å². The maximum atomic E-state index is 13.5. The van der Waals surface area contributed by atoms with Gasteiger partial charge in [-0.1, -0.05) is 26.3 Å². The van der Waals surface area contributed by atoms with Crippen LogP contribution < -0.4 is 35.6 Å². The number of aryl methyl sites for hydroxylation is 1. The lowest BCUT2D eigenvalue weighted by Crippen LogP contribution is -2.26. The zero-order chi connectivity index (χ0) is 35.1. The summed E-state index contributed by atoms with van der Waals surface area (Å²) in [5, 5.41) is 10.5. The van der Waals surface area contributed by atoms with Crippen molar-refractivity contribution < 1.29 is 23.8 Å². The molecule has 49 heavy (non-hydrogen) atoms. The summed E-state index contributed by atoms with van der Waals surface area (Å²) in [4.78, 5) is 38.4. The number of carbonyl (C=O) groups is 2. The van der Waals surface area contributed by atoms with Gasteiger partial charge < -0.3 is 34.7 Å². The summed E-state index contributed by atoms with van der Waals surface area (Å²) in [5.41, 5.74) is 5.55. The standard InChI is InChI=1S/C39H48N4O6/c1-24(2)23-43-19-17-26-20-28(12-16-33(26)43)42-36(46)10-8-7-9-18-40-32-15-13-29-30(22-34(32)45)31(41-25(3)44)14-11-27-21-35(47-4)38(48-5)39(49-6)37(27)29/h12-13,15-17,19-22,24,31H,7-11,14,18,23H2,1-6H3,(H,40,45)(H,41,44)(H,42,46)/t31-/m0/s1. The summed E-state index contributed by atoms with van der Waals surface area (Å²) in [6.07, 6.45) is 6.11. The van der Waals surface area contributed by atoms with Crippen LogP contribution >= 0.6 is 0 Å². The maximum absolute atomic E-state index is 13.5. The molecular formula is C39H48N4O6. The van der Waals surface area contributed by atoms with Gasteiger partial charge in [-0.25, -0.2) is 0 Å². The number of anilines is 2. The Morgan fingerprint density at radius 2 is 1.73 bits per heavy atom. The van der Waals surface area contributed by atoms with Crippen LogP contribution in [0.15, 0.2) is 59.5 Å². The molecule has 260 valence electrons. The molecule has 3 aromatic carbocycles. The van der Waals surface area contributed by atoms with Gasteiger partial charge in [-0.2, -0.15) is 0 Å². The molecule has 0 bridgehead atoms. The second kappa shape index (κ2) is 15.9. The highest BCUT2D eigenvalue weighted by atomic mass is 16.5. The summed E-state index contributed by atoms with van der Waals surface area (Å²) in [5.74, 6) is 1.90. The lowest BCUT2D eigenvalue weighted by Gasteiger charge is -2.19. The number of benzene rings is 2. The SMILES string of the molecule is COc1cc2c(c(OC)c1OC)-c1ccc(NCCCCCC(=O)Nc3ccc4c(ccn4CC(C)C)c3)c(=O)cc1[C@@H](NC(C)=O)CC2. The van der Waals surface area contributed by atoms with Crippen LogP contribution in [-0.4, -0.2) is 44.3 Å². The van der Waals surface area contributed by atoms with Crippen LogP contribution in [-0.2, 0) is 22.6 Å². The first-order valence-corrected chi connectivity index (χ1v) is 17.0. The van der Waals surface area contributed by atoms with Crippen LogP contribution in [0.3, 0.4) is 0 Å². The van der Waals surface area contributed by atoms with Crippen molar-refractivity contribution in [1.82, 2.24) is 9.88 Å². The van der Waals surface area contributed by atoms with Crippen LogP contribution in [0.2, 0.25) is 0 Å². The summed E-state index contributed by atoms with van der Waals surface area (Å²) in [6, 6.07) is 15.0. The number of rotatable bonds is 14. The van der Waals surface area contributed by atoms with E-state index in [1.165, 1.54) is 12.4 Å². The minimum Gasteiger partial charge on any atom is -0.493 e. The zero-order valence-electron chi connectivity index (χ0n) is 29.4. The predicted molar refractivity (Wildman–Crippen MR) is 195 cm³/mol. The third kappa shape index (κ3) is 8.18. The fraction of sp³-hybridized carbons (Fsp3) is 0.410. The van der Waals surface area contributed by atoms with Crippen LogP contribution in [0.25, 0.3) is 22.0 Å². The number of amides is 2. The monoisotopic (exact) mass is 668 g/mol. The molecule has 1 aliphatic rings. The highest BCUT2D eigenvalue weighted by molar-refractivity contribution is 5.94. The van der Waals surface area contributed by atoms with E-state index in [4.69, 9.17) is 14.2 Å². The quantitative estimate of drug-likeness (QED) is 0.123. The van der Waals surface area contributed by atoms with Gasteiger partial charge in [0, 0.05) is 54.8 Å². The summed E-state index contributed by atoms with van der Waals surface area (Å²) >= 11 is 0. The molecule has 0 aliphatic heterocycles. The highest BCUT2D eigenvalue weighted by Crippen LogP contribution is 2.50. The minimum atomic E-state index is -0.367. The molecule has 5 rings (SSSR count). The number of hydrogen-bond acceptors (Lipinski definition) is 7. The third-order valence-corrected chi connectivity index (χ3v) is 8.93. The summed E-state index contributed by atoms with van der Waals surface area (Å²) < 4.78 is 19.4. The maximum Gasteiger partial charge on any atom is 0.224 e. The number of nitrogens with one attached hydrogen (secondary N) is 3. The van der Waals surface area contributed by atoms with Crippen LogP contribution in [0.1, 0.15) is 70.0 Å². The fourth-order valence-electron chi connectivity index (χ4n) is 6.72. The molecule has 1 aliphatic carbocycles. The van der Waals surface area contributed by atoms with Crippen LogP contribution in [0, 0.1) is 5.92 Å². The Morgan fingerprint density at radius 3 is 2.45 bits per heavy atom.